The molecule has 0 aliphatic carbocycles. The van der Waals surface area contributed by atoms with E-state index in [-0.39, 0.29) is 18.4 Å². The quantitative estimate of drug-likeness (QED) is 0.717. The maximum absolute atomic E-state index is 12.0. The maximum atomic E-state index is 12.0. The van der Waals surface area contributed by atoms with E-state index in [9.17, 15) is 14.7 Å². The maximum Gasteiger partial charge on any atom is 0.319 e. The van der Waals surface area contributed by atoms with Crippen LogP contribution < -0.4 is 10.6 Å². The van der Waals surface area contributed by atoms with Crippen molar-refractivity contribution in [3.05, 3.63) is 65.7 Å². The Morgan fingerprint density at radius 3 is 2.48 bits per heavy atom. The van der Waals surface area contributed by atoms with E-state index in [1.165, 1.54) is 6.92 Å². The van der Waals surface area contributed by atoms with Crippen LogP contribution in [0.25, 0.3) is 0 Å². The van der Waals surface area contributed by atoms with E-state index in [0.717, 1.165) is 5.56 Å². The number of aliphatic hydroxyl groups excluding tert-OH is 1. The van der Waals surface area contributed by atoms with Crippen molar-refractivity contribution >= 4 is 17.5 Å². The summed E-state index contributed by atoms with van der Waals surface area (Å²) in [5, 5.41) is 14.8. The fraction of sp³-hybridized carbons (Fsp3) is 0.222. The Hall–Kier alpha value is -2.66. The van der Waals surface area contributed by atoms with Gasteiger partial charge in [-0.3, -0.25) is 4.79 Å². The number of anilines is 1. The summed E-state index contributed by atoms with van der Waals surface area (Å²) >= 11 is 0. The molecule has 3 N–H and O–H groups in total. The number of Topliss-reactive ketones (excluding diaryl/α,β-unsaturated/α-hetero) is 1. The fourth-order valence-electron chi connectivity index (χ4n) is 2.23. The monoisotopic (exact) mass is 312 g/mol. The normalized spacial score (nSPS) is 11.6. The molecule has 0 heterocycles. The second-order valence-electron chi connectivity index (χ2n) is 5.30. The molecule has 0 saturated carbocycles. The van der Waals surface area contributed by atoms with E-state index in [2.05, 4.69) is 10.6 Å². The van der Waals surface area contributed by atoms with E-state index in [4.69, 9.17) is 0 Å². The highest BCUT2D eigenvalue weighted by atomic mass is 16.3. The molecule has 1 unspecified atom stereocenters. The number of benzene rings is 2. The first kappa shape index (κ1) is 16.7. The molecule has 0 aromatic heterocycles. The number of hydrogen-bond donors (Lipinski definition) is 3. The van der Waals surface area contributed by atoms with Gasteiger partial charge in [0, 0.05) is 11.3 Å². The third kappa shape index (κ3) is 5.23. The predicted molar refractivity (Wildman–Crippen MR) is 89.6 cm³/mol. The van der Waals surface area contributed by atoms with Gasteiger partial charge in [-0.05, 0) is 31.0 Å². The van der Waals surface area contributed by atoms with Crippen molar-refractivity contribution in [2.75, 3.05) is 11.9 Å². The summed E-state index contributed by atoms with van der Waals surface area (Å²) in [5.74, 6) is -0.0635. The minimum atomic E-state index is -0.416. The first-order chi connectivity index (χ1) is 11.1. The second kappa shape index (κ2) is 8.10. The van der Waals surface area contributed by atoms with E-state index < -0.39 is 6.03 Å². The van der Waals surface area contributed by atoms with Crippen molar-refractivity contribution in [3.63, 3.8) is 0 Å². The molecular weight excluding hydrogens is 292 g/mol. The Morgan fingerprint density at radius 1 is 1.09 bits per heavy atom. The zero-order valence-electron chi connectivity index (χ0n) is 13.0. The van der Waals surface area contributed by atoms with Crippen molar-refractivity contribution < 1.29 is 14.7 Å². The number of carbonyl (C=O) groups is 2. The lowest BCUT2D eigenvalue weighted by molar-refractivity contribution is 0.101. The smallest absolute Gasteiger partial charge is 0.319 e. The van der Waals surface area contributed by atoms with Gasteiger partial charge in [0.2, 0.25) is 0 Å². The van der Waals surface area contributed by atoms with E-state index in [0.29, 0.717) is 17.7 Å². The molecule has 2 aromatic carbocycles. The minimum absolute atomic E-state index is 0.0635. The average molecular weight is 312 g/mol. The Kier molecular flexibility index (Phi) is 5.88. The number of aliphatic hydroxyl groups is 1. The van der Waals surface area contributed by atoms with Crippen LogP contribution in [0.3, 0.4) is 0 Å². The molecule has 5 nitrogen and oxygen atoms in total. The van der Waals surface area contributed by atoms with E-state index in [1.54, 1.807) is 24.3 Å². The molecule has 2 aromatic rings. The van der Waals surface area contributed by atoms with Crippen molar-refractivity contribution in [3.8, 4) is 0 Å². The molecule has 23 heavy (non-hydrogen) atoms. The molecule has 0 fully saturated rings. The number of ketones is 1. The first-order valence-corrected chi connectivity index (χ1v) is 7.42. The van der Waals surface area contributed by atoms with Gasteiger partial charge < -0.3 is 15.7 Å². The van der Waals surface area contributed by atoms with Crippen LogP contribution in [0.1, 0.15) is 22.8 Å². The second-order valence-corrected chi connectivity index (χ2v) is 5.30. The molecule has 2 amide bonds. The van der Waals surface area contributed by atoms with Crippen LogP contribution in [0.15, 0.2) is 54.6 Å². The van der Waals surface area contributed by atoms with Crippen LogP contribution in [0.5, 0.6) is 0 Å². The average Bonchev–Trinajstić information content (AvgIpc) is 2.55. The van der Waals surface area contributed by atoms with Crippen molar-refractivity contribution in [2.24, 2.45) is 0 Å². The zero-order chi connectivity index (χ0) is 16.7. The molecule has 1 atom stereocenters. The summed E-state index contributed by atoms with van der Waals surface area (Å²) in [6.45, 7) is 1.32. The number of hydrogen-bond acceptors (Lipinski definition) is 3. The summed E-state index contributed by atoms with van der Waals surface area (Å²) in [6, 6.07) is 15.6. The standard InChI is InChI=1S/C18H20N2O3/c1-13(22)15-8-5-9-16(11-15)19-18(23)20-17(12-21)10-14-6-3-2-4-7-14/h2-9,11,17,21H,10,12H2,1H3,(H2,19,20,23). The molecule has 0 spiro atoms. The van der Waals surface area contributed by atoms with Crippen LogP contribution in [0, 0.1) is 0 Å². The molecule has 0 radical (unpaired) electrons. The van der Waals surface area contributed by atoms with Crippen molar-refractivity contribution in [2.45, 2.75) is 19.4 Å². The molecule has 120 valence electrons. The molecule has 0 aliphatic rings. The van der Waals surface area contributed by atoms with Crippen LogP contribution in [0.4, 0.5) is 10.5 Å². The van der Waals surface area contributed by atoms with Crippen molar-refractivity contribution in [1.82, 2.24) is 5.32 Å². The van der Waals surface area contributed by atoms with Gasteiger partial charge in [0.15, 0.2) is 5.78 Å². The minimum Gasteiger partial charge on any atom is -0.394 e. The summed E-state index contributed by atoms with van der Waals surface area (Å²) in [7, 11) is 0. The van der Waals surface area contributed by atoms with Crippen LogP contribution in [-0.2, 0) is 6.42 Å². The highest BCUT2D eigenvalue weighted by molar-refractivity contribution is 5.96. The van der Waals surface area contributed by atoms with Crippen LogP contribution >= 0.6 is 0 Å². The van der Waals surface area contributed by atoms with Gasteiger partial charge in [-0.2, -0.15) is 0 Å². The number of rotatable bonds is 6. The van der Waals surface area contributed by atoms with Gasteiger partial charge in [0.1, 0.15) is 0 Å². The lowest BCUT2D eigenvalue weighted by Crippen LogP contribution is -2.41. The van der Waals surface area contributed by atoms with Gasteiger partial charge in [-0.1, -0.05) is 42.5 Å². The largest absolute Gasteiger partial charge is 0.394 e. The zero-order valence-corrected chi connectivity index (χ0v) is 13.0. The third-order valence-electron chi connectivity index (χ3n) is 3.41. The molecule has 0 saturated heterocycles. The van der Waals surface area contributed by atoms with E-state index >= 15 is 0 Å². The number of nitrogens with one attached hydrogen (secondary N) is 2. The SMILES string of the molecule is CC(=O)c1cccc(NC(=O)NC(CO)Cc2ccccc2)c1. The fourth-order valence-corrected chi connectivity index (χ4v) is 2.23. The highest BCUT2D eigenvalue weighted by Gasteiger charge is 2.12. The summed E-state index contributed by atoms with van der Waals surface area (Å²) in [6.07, 6.45) is 0.540. The highest BCUT2D eigenvalue weighted by Crippen LogP contribution is 2.11. The van der Waals surface area contributed by atoms with Gasteiger partial charge in [0.05, 0.1) is 12.6 Å². The summed E-state index contributed by atoms with van der Waals surface area (Å²) < 4.78 is 0. The van der Waals surface area contributed by atoms with E-state index in [1.807, 2.05) is 30.3 Å². The topological polar surface area (TPSA) is 78.4 Å². The summed E-state index contributed by atoms with van der Waals surface area (Å²) in [5.41, 5.74) is 2.10. The van der Waals surface area contributed by atoms with Crippen LogP contribution in [0.2, 0.25) is 0 Å². The number of amides is 2. The molecule has 0 aliphatic heterocycles. The van der Waals surface area contributed by atoms with Gasteiger partial charge in [0.25, 0.3) is 0 Å². The van der Waals surface area contributed by atoms with Gasteiger partial charge >= 0.3 is 6.03 Å². The van der Waals surface area contributed by atoms with Gasteiger partial charge in [-0.25, -0.2) is 4.79 Å². The molecule has 5 heteroatoms. The Bertz CT molecular complexity index is 671. The first-order valence-electron chi connectivity index (χ1n) is 7.42. The number of carbonyl (C=O) groups excluding carboxylic acids is 2. The lowest BCUT2D eigenvalue weighted by atomic mass is 10.1. The number of urea groups is 1. The molecule has 2 rings (SSSR count). The third-order valence-corrected chi connectivity index (χ3v) is 3.41. The molecule has 0 bridgehead atoms. The predicted octanol–water partition coefficient (Wildman–Crippen LogP) is 2.61. The Morgan fingerprint density at radius 2 is 1.83 bits per heavy atom. The Labute approximate surface area is 135 Å². The Balaban J connectivity index is 1.95. The van der Waals surface area contributed by atoms with Crippen molar-refractivity contribution in [1.29, 1.82) is 0 Å². The van der Waals surface area contributed by atoms with Crippen LogP contribution in [-0.4, -0.2) is 29.6 Å². The lowest BCUT2D eigenvalue weighted by Gasteiger charge is -2.17. The molecular formula is C18H20N2O3. The summed E-state index contributed by atoms with van der Waals surface area (Å²) in [4.78, 5) is 23.4. The van der Waals surface area contributed by atoms with Gasteiger partial charge in [-0.15, -0.1) is 0 Å².